The third-order valence-electron chi connectivity index (χ3n) is 2.62. The van der Waals surface area contributed by atoms with E-state index in [0.717, 1.165) is 25.2 Å². The number of carbonyl (C=O) groups excluding carboxylic acids is 1. The summed E-state index contributed by atoms with van der Waals surface area (Å²) in [4.78, 5) is 18.9. The minimum atomic E-state index is -0.500. The highest BCUT2D eigenvalue weighted by atomic mass is 16.6. The van der Waals surface area contributed by atoms with Crippen LogP contribution in [0.3, 0.4) is 0 Å². The minimum Gasteiger partial charge on any atom is -0.444 e. The van der Waals surface area contributed by atoms with Gasteiger partial charge in [0.05, 0.1) is 12.2 Å². The SMILES string of the molecule is CC(C)(C)OC(=O)Nc1cnc(C2CCCN2)[nH]1. The van der Waals surface area contributed by atoms with Gasteiger partial charge >= 0.3 is 6.09 Å². The Kier molecular flexibility index (Phi) is 3.56. The second-order valence-corrected chi connectivity index (χ2v) is 5.46. The molecular weight excluding hydrogens is 232 g/mol. The number of ether oxygens (including phenoxy) is 1. The number of amides is 1. The molecule has 1 unspecified atom stereocenters. The van der Waals surface area contributed by atoms with Gasteiger partial charge in [-0.1, -0.05) is 0 Å². The maximum absolute atomic E-state index is 11.6. The van der Waals surface area contributed by atoms with Gasteiger partial charge in [0.15, 0.2) is 0 Å². The highest BCUT2D eigenvalue weighted by Gasteiger charge is 2.20. The van der Waals surface area contributed by atoms with Gasteiger partial charge in [-0.2, -0.15) is 0 Å². The maximum atomic E-state index is 11.6. The molecule has 100 valence electrons. The number of imidazole rings is 1. The normalized spacial score (nSPS) is 19.8. The standard InChI is InChI=1S/C12H20N4O2/c1-12(2,3)18-11(17)16-9-7-14-10(15-9)8-5-4-6-13-8/h7-8,13H,4-6H2,1-3H3,(H,14,15)(H,16,17). The van der Waals surface area contributed by atoms with Gasteiger partial charge < -0.3 is 15.0 Å². The van der Waals surface area contributed by atoms with E-state index in [9.17, 15) is 4.79 Å². The largest absolute Gasteiger partial charge is 0.444 e. The van der Waals surface area contributed by atoms with E-state index in [4.69, 9.17) is 4.74 Å². The molecule has 0 aliphatic carbocycles. The number of aromatic amines is 1. The van der Waals surface area contributed by atoms with Crippen molar-refractivity contribution in [2.24, 2.45) is 0 Å². The lowest BCUT2D eigenvalue weighted by molar-refractivity contribution is 0.0635. The zero-order valence-electron chi connectivity index (χ0n) is 11.0. The predicted molar refractivity (Wildman–Crippen MR) is 68.4 cm³/mol. The molecule has 18 heavy (non-hydrogen) atoms. The molecular formula is C12H20N4O2. The van der Waals surface area contributed by atoms with Crippen molar-refractivity contribution in [1.82, 2.24) is 15.3 Å². The zero-order chi connectivity index (χ0) is 13.2. The van der Waals surface area contributed by atoms with Gasteiger partial charge in [0, 0.05) is 0 Å². The van der Waals surface area contributed by atoms with Crippen LogP contribution < -0.4 is 10.6 Å². The first kappa shape index (κ1) is 12.9. The number of aromatic nitrogens is 2. The van der Waals surface area contributed by atoms with Gasteiger partial charge in [-0.05, 0) is 40.2 Å². The van der Waals surface area contributed by atoms with Crippen LogP contribution in [0.2, 0.25) is 0 Å². The van der Waals surface area contributed by atoms with Crippen molar-refractivity contribution in [3.8, 4) is 0 Å². The van der Waals surface area contributed by atoms with Crippen LogP contribution in [0.4, 0.5) is 10.6 Å². The number of rotatable bonds is 2. The summed E-state index contributed by atoms with van der Waals surface area (Å²) in [6.07, 6.45) is 3.36. The Labute approximate surface area is 107 Å². The Bertz CT molecular complexity index is 416. The van der Waals surface area contributed by atoms with E-state index < -0.39 is 11.7 Å². The molecule has 1 aromatic heterocycles. The van der Waals surface area contributed by atoms with Crippen molar-refractivity contribution in [1.29, 1.82) is 0 Å². The number of H-pyrrole nitrogens is 1. The summed E-state index contributed by atoms with van der Waals surface area (Å²) < 4.78 is 5.16. The van der Waals surface area contributed by atoms with Crippen LogP contribution in [0, 0.1) is 0 Å². The fraction of sp³-hybridized carbons (Fsp3) is 0.667. The molecule has 3 N–H and O–H groups in total. The van der Waals surface area contributed by atoms with Crippen molar-refractivity contribution in [3.05, 3.63) is 12.0 Å². The van der Waals surface area contributed by atoms with Gasteiger partial charge in [0.1, 0.15) is 17.2 Å². The molecule has 0 bridgehead atoms. The van der Waals surface area contributed by atoms with Crippen LogP contribution in [-0.4, -0.2) is 28.2 Å². The molecule has 2 rings (SSSR count). The Morgan fingerprint density at radius 2 is 2.33 bits per heavy atom. The van der Waals surface area contributed by atoms with Crippen molar-refractivity contribution in [2.45, 2.75) is 45.3 Å². The van der Waals surface area contributed by atoms with Gasteiger partial charge in [0.25, 0.3) is 0 Å². The predicted octanol–water partition coefficient (Wildman–Crippen LogP) is 2.18. The maximum Gasteiger partial charge on any atom is 0.413 e. The second-order valence-electron chi connectivity index (χ2n) is 5.46. The second kappa shape index (κ2) is 4.97. The van der Waals surface area contributed by atoms with Crippen molar-refractivity contribution in [3.63, 3.8) is 0 Å². The van der Waals surface area contributed by atoms with Gasteiger partial charge in [-0.25, -0.2) is 9.78 Å². The Hall–Kier alpha value is -1.56. The first-order valence-corrected chi connectivity index (χ1v) is 6.22. The molecule has 0 radical (unpaired) electrons. The Morgan fingerprint density at radius 1 is 1.56 bits per heavy atom. The van der Waals surface area contributed by atoms with Crippen molar-refractivity contribution >= 4 is 11.9 Å². The molecule has 1 amide bonds. The van der Waals surface area contributed by atoms with E-state index in [1.807, 2.05) is 20.8 Å². The zero-order valence-corrected chi connectivity index (χ0v) is 11.0. The van der Waals surface area contributed by atoms with E-state index in [-0.39, 0.29) is 6.04 Å². The first-order valence-electron chi connectivity index (χ1n) is 6.22. The van der Waals surface area contributed by atoms with Crippen molar-refractivity contribution in [2.75, 3.05) is 11.9 Å². The fourth-order valence-corrected chi connectivity index (χ4v) is 1.91. The molecule has 0 aromatic carbocycles. The van der Waals surface area contributed by atoms with E-state index in [2.05, 4.69) is 20.6 Å². The molecule has 0 saturated carbocycles. The number of hydrogen-bond acceptors (Lipinski definition) is 4. The summed E-state index contributed by atoms with van der Waals surface area (Å²) in [5, 5.41) is 5.98. The number of anilines is 1. The lowest BCUT2D eigenvalue weighted by Gasteiger charge is -2.19. The molecule has 1 fully saturated rings. The summed E-state index contributed by atoms with van der Waals surface area (Å²) in [5.41, 5.74) is -0.500. The first-order chi connectivity index (χ1) is 8.44. The summed E-state index contributed by atoms with van der Waals surface area (Å²) in [6, 6.07) is 0.263. The van der Waals surface area contributed by atoms with E-state index >= 15 is 0 Å². The number of hydrogen-bond donors (Lipinski definition) is 3. The third-order valence-corrected chi connectivity index (χ3v) is 2.62. The summed E-state index contributed by atoms with van der Waals surface area (Å²) in [7, 11) is 0. The average molecular weight is 252 g/mol. The van der Waals surface area contributed by atoms with Crippen LogP contribution in [-0.2, 0) is 4.74 Å². The number of nitrogens with zero attached hydrogens (tertiary/aromatic N) is 1. The Balaban J connectivity index is 1.92. The highest BCUT2D eigenvalue weighted by molar-refractivity contribution is 5.83. The lowest BCUT2D eigenvalue weighted by atomic mass is 10.2. The van der Waals surface area contributed by atoms with E-state index in [0.29, 0.717) is 5.82 Å². The monoisotopic (exact) mass is 252 g/mol. The van der Waals surface area contributed by atoms with Crippen LogP contribution in [0.1, 0.15) is 45.5 Å². The molecule has 1 atom stereocenters. The quantitative estimate of drug-likeness (QED) is 0.753. The van der Waals surface area contributed by atoms with Gasteiger partial charge in [-0.3, -0.25) is 5.32 Å². The molecule has 0 spiro atoms. The molecule has 1 aliphatic heterocycles. The fourth-order valence-electron chi connectivity index (χ4n) is 1.91. The van der Waals surface area contributed by atoms with E-state index in [1.165, 1.54) is 0 Å². The lowest BCUT2D eigenvalue weighted by Crippen LogP contribution is -2.27. The molecule has 6 heteroatoms. The molecule has 1 aromatic rings. The number of carbonyl (C=O) groups is 1. The van der Waals surface area contributed by atoms with Crippen LogP contribution >= 0.6 is 0 Å². The molecule has 1 aliphatic rings. The average Bonchev–Trinajstić information content (AvgIpc) is 2.82. The highest BCUT2D eigenvalue weighted by Crippen LogP contribution is 2.21. The number of nitrogens with one attached hydrogen (secondary N) is 3. The molecule has 1 saturated heterocycles. The summed E-state index contributed by atoms with van der Waals surface area (Å²) >= 11 is 0. The molecule has 2 heterocycles. The topological polar surface area (TPSA) is 79.0 Å². The van der Waals surface area contributed by atoms with Crippen LogP contribution in [0.5, 0.6) is 0 Å². The van der Waals surface area contributed by atoms with Crippen LogP contribution in [0.15, 0.2) is 6.20 Å². The third kappa shape index (κ3) is 3.46. The smallest absolute Gasteiger partial charge is 0.413 e. The van der Waals surface area contributed by atoms with Crippen LogP contribution in [0.25, 0.3) is 0 Å². The van der Waals surface area contributed by atoms with Crippen molar-refractivity contribution < 1.29 is 9.53 Å². The molecule has 6 nitrogen and oxygen atoms in total. The van der Waals surface area contributed by atoms with E-state index in [1.54, 1.807) is 6.20 Å². The van der Waals surface area contributed by atoms with Gasteiger partial charge in [-0.15, -0.1) is 0 Å². The summed E-state index contributed by atoms with van der Waals surface area (Å²) in [5.74, 6) is 1.42. The Morgan fingerprint density at radius 3 is 2.94 bits per heavy atom. The van der Waals surface area contributed by atoms with Gasteiger partial charge in [0.2, 0.25) is 0 Å². The minimum absolute atomic E-state index is 0.263. The summed E-state index contributed by atoms with van der Waals surface area (Å²) in [6.45, 7) is 6.49.